The van der Waals surface area contributed by atoms with Crippen LogP contribution in [0.15, 0.2) is 42.5 Å². The molecule has 0 amide bonds. The third-order valence-electron chi connectivity index (χ3n) is 6.08. The summed E-state index contributed by atoms with van der Waals surface area (Å²) in [6.07, 6.45) is -3.09. The number of nitrogen functional groups attached to an aromatic ring is 1. The van der Waals surface area contributed by atoms with E-state index in [1.165, 1.54) is 31.2 Å². The van der Waals surface area contributed by atoms with Crippen LogP contribution in [0.2, 0.25) is 0 Å². The molecule has 1 aliphatic rings. The van der Waals surface area contributed by atoms with E-state index in [2.05, 4.69) is 31.1 Å². The number of aromatic nitrogens is 3. The molecule has 0 saturated carbocycles. The summed E-state index contributed by atoms with van der Waals surface area (Å²) in [5.74, 6) is -1.52. The number of halogens is 2. The molecular formula is C24H27BrFN6O8P. The average Bonchev–Trinajstić information content (AvgIpc) is 3.44. The maximum Gasteiger partial charge on any atom is 0.459 e. The lowest BCUT2D eigenvalue weighted by molar-refractivity contribution is -0.145. The van der Waals surface area contributed by atoms with Crippen molar-refractivity contribution in [2.75, 3.05) is 18.9 Å². The zero-order valence-electron chi connectivity index (χ0n) is 21.8. The fourth-order valence-corrected chi connectivity index (χ4v) is 6.27. The summed E-state index contributed by atoms with van der Waals surface area (Å²) in [6.45, 7) is 2.57. The third-order valence-corrected chi connectivity index (χ3v) is 8.75. The molecule has 1 aliphatic heterocycles. The monoisotopic (exact) mass is 656 g/mol. The maximum atomic E-state index is 16.2. The number of benzene rings is 1. The van der Waals surface area contributed by atoms with Crippen LogP contribution in [0, 0.1) is 11.3 Å². The molecule has 1 fully saturated rings. The number of carbonyl (C=O) groups is 1. The van der Waals surface area contributed by atoms with Gasteiger partial charge in [0.05, 0.1) is 18.9 Å². The van der Waals surface area contributed by atoms with Gasteiger partial charge in [0.25, 0.3) is 0 Å². The number of nitrogens with one attached hydrogen (secondary N) is 1. The van der Waals surface area contributed by atoms with Gasteiger partial charge >= 0.3 is 13.7 Å². The molecule has 4 rings (SSSR count). The van der Waals surface area contributed by atoms with Crippen LogP contribution in [0.5, 0.6) is 11.6 Å². The van der Waals surface area contributed by atoms with Gasteiger partial charge in [0.1, 0.15) is 35.6 Å². The van der Waals surface area contributed by atoms with Crippen LogP contribution in [0.1, 0.15) is 26.0 Å². The average molecular weight is 657 g/mol. The minimum absolute atomic E-state index is 0.0150. The van der Waals surface area contributed by atoms with E-state index in [4.69, 9.17) is 24.3 Å². The van der Waals surface area contributed by atoms with Crippen molar-refractivity contribution in [1.29, 1.82) is 5.26 Å². The van der Waals surface area contributed by atoms with Crippen molar-refractivity contribution >= 4 is 41.1 Å². The van der Waals surface area contributed by atoms with Gasteiger partial charge in [-0.1, -0.05) is 25.1 Å². The molecular weight excluding hydrogens is 630 g/mol. The van der Waals surface area contributed by atoms with Gasteiger partial charge in [-0.25, -0.2) is 13.5 Å². The topological polar surface area (TPSA) is 204 Å². The molecule has 0 radical (unpaired) electrons. The number of aliphatic hydroxyl groups is 1. The number of anilines is 1. The number of ether oxygens (including phenoxy) is 2. The van der Waals surface area contributed by atoms with Crippen LogP contribution in [-0.4, -0.2) is 66.8 Å². The summed E-state index contributed by atoms with van der Waals surface area (Å²) in [7, 11) is -4.40. The Hall–Kier alpha value is -3.32. The van der Waals surface area contributed by atoms with Crippen molar-refractivity contribution in [3.63, 3.8) is 0 Å². The van der Waals surface area contributed by atoms with Crippen LogP contribution >= 0.6 is 23.7 Å². The second-order valence-electron chi connectivity index (χ2n) is 9.04. The van der Waals surface area contributed by atoms with E-state index in [-0.39, 0.29) is 29.5 Å². The van der Waals surface area contributed by atoms with E-state index < -0.39 is 54.6 Å². The van der Waals surface area contributed by atoms with Crippen molar-refractivity contribution in [3.05, 3.63) is 48.2 Å². The number of nitrogens with two attached hydrogens (primary N) is 1. The van der Waals surface area contributed by atoms with Crippen molar-refractivity contribution in [2.24, 2.45) is 0 Å². The van der Waals surface area contributed by atoms with Gasteiger partial charge in [0.15, 0.2) is 0 Å². The Morgan fingerprint density at radius 3 is 2.76 bits per heavy atom. The number of carbonyl (C=O) groups excluding carboxylic acids is 1. The number of aliphatic hydroxyl groups excluding tert-OH is 1. The number of fused-ring (bicyclic) bond motifs is 1. The molecule has 17 heteroatoms. The maximum absolute atomic E-state index is 16.2. The number of nitrogens with zero attached hydrogens (tertiary/aromatic N) is 4. The molecule has 3 heterocycles. The molecule has 41 heavy (non-hydrogen) atoms. The first kappa shape index (κ1) is 30.6. The van der Waals surface area contributed by atoms with Gasteiger partial charge in [-0.15, -0.1) is 5.10 Å². The normalized spacial score (nSPS) is 26.2. The molecule has 220 valence electrons. The highest BCUT2D eigenvalue weighted by Crippen LogP contribution is 2.54. The first-order chi connectivity index (χ1) is 19.4. The summed E-state index contributed by atoms with van der Waals surface area (Å²) in [5, 5.41) is 37.6. The van der Waals surface area contributed by atoms with E-state index in [1.54, 1.807) is 24.3 Å². The Kier molecular flexibility index (Phi) is 8.88. The molecule has 2 unspecified atom stereocenters. The molecule has 14 nitrogen and oxygen atoms in total. The van der Waals surface area contributed by atoms with Crippen LogP contribution in [0.25, 0.3) is 5.52 Å². The van der Waals surface area contributed by atoms with Crippen LogP contribution in [0.4, 0.5) is 10.3 Å². The second kappa shape index (κ2) is 11.9. The Bertz CT molecular complexity index is 1500. The van der Waals surface area contributed by atoms with Crippen LogP contribution in [0.3, 0.4) is 0 Å². The summed E-state index contributed by atoms with van der Waals surface area (Å²) >= 11 is 2.79. The fourth-order valence-electron chi connectivity index (χ4n) is 4.09. The summed E-state index contributed by atoms with van der Waals surface area (Å²) < 4.78 is 49.9. The quantitative estimate of drug-likeness (QED) is 0.133. The first-order valence-corrected chi connectivity index (χ1v) is 14.6. The van der Waals surface area contributed by atoms with E-state index in [1.807, 2.05) is 6.92 Å². The number of rotatable bonds is 11. The molecule has 1 saturated heterocycles. The lowest BCUT2D eigenvalue weighted by Gasteiger charge is -2.29. The van der Waals surface area contributed by atoms with Gasteiger partial charge in [-0.2, -0.15) is 15.3 Å². The van der Waals surface area contributed by atoms with Crippen LogP contribution in [-0.2, 0) is 29.0 Å². The molecule has 0 spiro atoms. The minimum Gasteiger partial charge on any atom is -0.492 e. The summed E-state index contributed by atoms with van der Waals surface area (Å²) in [4.78, 5) is 15.9. The molecule has 1 aromatic carbocycles. The molecule has 5 N–H and O–H groups in total. The largest absolute Gasteiger partial charge is 0.492 e. The van der Waals surface area contributed by atoms with E-state index in [0.717, 1.165) is 4.52 Å². The van der Waals surface area contributed by atoms with Gasteiger partial charge in [-0.05, 0) is 53.5 Å². The van der Waals surface area contributed by atoms with Crippen molar-refractivity contribution in [1.82, 2.24) is 19.7 Å². The number of nitriles is 1. The van der Waals surface area contributed by atoms with Crippen LogP contribution < -0.4 is 15.3 Å². The Labute approximate surface area is 241 Å². The SMILES string of the molecule is CCCOC(=O)[C@H](C)NP(=O)(OC[C@H]1O[C@@](C#N)(c2ccc3c(O)nc(N)nn23)[C@@](F)(Br)C1O)Oc1ccccc1. The second-order valence-corrected chi connectivity index (χ2v) is 11.9. The number of hydrogen-bond acceptors (Lipinski definition) is 12. The lowest BCUT2D eigenvalue weighted by Crippen LogP contribution is -2.46. The number of aromatic hydroxyl groups is 1. The predicted molar refractivity (Wildman–Crippen MR) is 144 cm³/mol. The molecule has 6 atom stereocenters. The van der Waals surface area contributed by atoms with Crippen molar-refractivity contribution < 1.29 is 42.5 Å². The zero-order valence-corrected chi connectivity index (χ0v) is 24.3. The highest BCUT2D eigenvalue weighted by molar-refractivity contribution is 9.10. The standard InChI is InChI=1S/C24H27BrFN6O8P/c1-3-11-37-21(35)14(2)31-41(36,40-15-7-5-4-6-8-15)38-12-17-19(33)24(25,26)23(13-27,39-17)18-10-9-16-20(34)29-22(28)30-32(16)18/h4-10,14,17,19,33H,3,11-12H2,1-2H3,(H,31,36)(H3,28,29,30,34)/t14-,17+,19?,23-,24+,41?/m0/s1. The van der Waals surface area contributed by atoms with E-state index >= 15 is 4.39 Å². The van der Waals surface area contributed by atoms with E-state index in [9.17, 15) is 24.8 Å². The van der Waals surface area contributed by atoms with Gasteiger partial charge in [0.2, 0.25) is 22.0 Å². The zero-order chi connectivity index (χ0) is 30.0. The van der Waals surface area contributed by atoms with Gasteiger partial charge in [-0.3, -0.25) is 9.32 Å². The van der Waals surface area contributed by atoms with Gasteiger partial charge in [0, 0.05) is 0 Å². The number of esters is 1. The van der Waals surface area contributed by atoms with Crippen molar-refractivity contribution in [3.8, 4) is 17.7 Å². The molecule has 2 aromatic heterocycles. The number of hydrogen-bond donors (Lipinski definition) is 4. The Balaban J connectivity index is 1.62. The first-order valence-electron chi connectivity index (χ1n) is 12.3. The highest BCUT2D eigenvalue weighted by Gasteiger charge is 2.69. The number of para-hydroxylation sites is 1. The Morgan fingerprint density at radius 1 is 1.39 bits per heavy atom. The molecule has 3 aromatic rings. The minimum atomic E-state index is -4.40. The summed E-state index contributed by atoms with van der Waals surface area (Å²) in [5.41, 5.74) is 2.80. The summed E-state index contributed by atoms with van der Waals surface area (Å²) in [6, 6.07) is 11.0. The lowest BCUT2D eigenvalue weighted by atomic mass is 9.93. The van der Waals surface area contributed by atoms with E-state index in [0.29, 0.717) is 6.42 Å². The number of alkyl halides is 2. The highest BCUT2D eigenvalue weighted by atomic mass is 79.9. The smallest absolute Gasteiger partial charge is 0.459 e. The Morgan fingerprint density at radius 2 is 2.10 bits per heavy atom. The predicted octanol–water partition coefficient (Wildman–Crippen LogP) is 2.69. The molecule has 0 aliphatic carbocycles. The van der Waals surface area contributed by atoms with Crippen molar-refractivity contribution in [2.45, 2.75) is 48.7 Å². The molecule has 0 bridgehead atoms. The fraction of sp³-hybridized carbons (Fsp3) is 0.417. The third kappa shape index (κ3) is 5.87. The van der Waals surface area contributed by atoms with Gasteiger partial charge < -0.3 is 29.9 Å².